The first-order valence-electron chi connectivity index (χ1n) is 13.3. The van der Waals surface area contributed by atoms with Gasteiger partial charge in [-0.05, 0) is 67.4 Å². The second-order valence-electron chi connectivity index (χ2n) is 9.00. The van der Waals surface area contributed by atoms with Crippen molar-refractivity contribution < 1.29 is 33.3 Å². The Balaban J connectivity index is 1.58. The number of carbonyl (C=O) groups excluding carboxylic acids is 2. The fraction of sp³-hybridized carbons (Fsp3) is 0.258. The van der Waals surface area contributed by atoms with E-state index < -0.39 is 11.8 Å². The van der Waals surface area contributed by atoms with Crippen LogP contribution in [0.25, 0.3) is 6.08 Å². The lowest BCUT2D eigenvalue weighted by molar-refractivity contribution is -0.117. The van der Waals surface area contributed by atoms with Crippen molar-refractivity contribution in [1.82, 2.24) is 10.7 Å². The van der Waals surface area contributed by atoms with Crippen LogP contribution in [-0.2, 0) is 4.79 Å². The van der Waals surface area contributed by atoms with E-state index in [1.54, 1.807) is 18.2 Å². The monoisotopic (exact) mass is 574 g/mol. The Labute approximate surface area is 244 Å². The van der Waals surface area contributed by atoms with Crippen LogP contribution in [0.5, 0.6) is 28.7 Å². The minimum atomic E-state index is -0.635. The Hall–Kier alpha value is -5.19. The fourth-order valence-electron chi connectivity index (χ4n) is 4.32. The molecule has 1 aliphatic rings. The SMILES string of the molecule is CCN(CC)c1ccc(C=NNC(=O)C(=Cc2ccc3c(c2)OCO3)NC(=O)c2cc(OC)c(OC)c(OC)c2)cc1. The van der Waals surface area contributed by atoms with Gasteiger partial charge in [-0.3, -0.25) is 9.59 Å². The number of benzene rings is 3. The maximum absolute atomic E-state index is 13.3. The third-order valence-corrected chi connectivity index (χ3v) is 6.53. The molecule has 11 nitrogen and oxygen atoms in total. The minimum absolute atomic E-state index is 0.0540. The third kappa shape index (κ3) is 6.92. The van der Waals surface area contributed by atoms with E-state index in [0.29, 0.717) is 34.3 Å². The third-order valence-electron chi connectivity index (χ3n) is 6.53. The number of ether oxygens (including phenoxy) is 5. The highest BCUT2D eigenvalue weighted by Gasteiger charge is 2.20. The second-order valence-corrected chi connectivity index (χ2v) is 9.00. The Morgan fingerprint density at radius 1 is 0.881 bits per heavy atom. The highest BCUT2D eigenvalue weighted by Crippen LogP contribution is 2.38. The largest absolute Gasteiger partial charge is 0.493 e. The van der Waals surface area contributed by atoms with Gasteiger partial charge in [0, 0.05) is 24.3 Å². The number of hydrogen-bond donors (Lipinski definition) is 2. The van der Waals surface area contributed by atoms with Crippen molar-refractivity contribution in [3.05, 3.63) is 77.0 Å². The van der Waals surface area contributed by atoms with Gasteiger partial charge in [0.05, 0.1) is 27.5 Å². The minimum Gasteiger partial charge on any atom is -0.493 e. The quantitative estimate of drug-likeness (QED) is 0.188. The number of fused-ring (bicyclic) bond motifs is 1. The zero-order valence-electron chi connectivity index (χ0n) is 24.2. The summed E-state index contributed by atoms with van der Waals surface area (Å²) in [5.41, 5.74) is 5.13. The van der Waals surface area contributed by atoms with E-state index in [1.807, 2.05) is 24.3 Å². The molecule has 3 aromatic rings. The summed E-state index contributed by atoms with van der Waals surface area (Å²) in [5, 5.41) is 6.78. The molecule has 4 rings (SSSR count). The molecule has 11 heteroatoms. The van der Waals surface area contributed by atoms with Gasteiger partial charge in [-0.2, -0.15) is 5.10 Å². The van der Waals surface area contributed by atoms with Crippen LogP contribution in [0, 0.1) is 0 Å². The number of carbonyl (C=O) groups is 2. The summed E-state index contributed by atoms with van der Waals surface area (Å²) >= 11 is 0. The summed E-state index contributed by atoms with van der Waals surface area (Å²) in [4.78, 5) is 28.8. The number of hydrogen-bond acceptors (Lipinski definition) is 9. The van der Waals surface area contributed by atoms with E-state index in [-0.39, 0.29) is 18.1 Å². The summed E-state index contributed by atoms with van der Waals surface area (Å²) in [6.07, 6.45) is 3.05. The summed E-state index contributed by atoms with van der Waals surface area (Å²) in [6, 6.07) is 16.0. The normalized spacial score (nSPS) is 12.2. The fourth-order valence-corrected chi connectivity index (χ4v) is 4.32. The average molecular weight is 575 g/mol. The Morgan fingerprint density at radius 2 is 1.52 bits per heavy atom. The highest BCUT2D eigenvalue weighted by molar-refractivity contribution is 6.06. The molecule has 1 aliphatic heterocycles. The predicted octanol–water partition coefficient (Wildman–Crippen LogP) is 4.21. The zero-order chi connectivity index (χ0) is 30.1. The Kier molecular flexibility index (Phi) is 9.88. The number of amides is 2. The van der Waals surface area contributed by atoms with Gasteiger partial charge in [0.1, 0.15) is 5.70 Å². The molecule has 0 saturated carbocycles. The number of anilines is 1. The number of hydrazone groups is 1. The molecule has 220 valence electrons. The molecule has 0 unspecified atom stereocenters. The molecular formula is C31H34N4O7. The van der Waals surface area contributed by atoms with E-state index in [4.69, 9.17) is 23.7 Å². The van der Waals surface area contributed by atoms with Gasteiger partial charge in [-0.15, -0.1) is 0 Å². The molecule has 0 aromatic heterocycles. The Bertz CT molecular complexity index is 1460. The van der Waals surface area contributed by atoms with E-state index in [2.05, 4.69) is 34.6 Å². The first-order chi connectivity index (χ1) is 20.4. The van der Waals surface area contributed by atoms with E-state index in [1.165, 1.54) is 45.8 Å². The van der Waals surface area contributed by atoms with Crippen LogP contribution in [0.2, 0.25) is 0 Å². The van der Waals surface area contributed by atoms with Crippen molar-refractivity contribution in [2.45, 2.75) is 13.8 Å². The molecule has 0 bridgehead atoms. The zero-order valence-corrected chi connectivity index (χ0v) is 24.2. The van der Waals surface area contributed by atoms with Crippen LogP contribution in [0.4, 0.5) is 5.69 Å². The topological polar surface area (TPSA) is 120 Å². The van der Waals surface area contributed by atoms with Crippen molar-refractivity contribution in [3.63, 3.8) is 0 Å². The molecule has 0 aliphatic carbocycles. The van der Waals surface area contributed by atoms with E-state index in [9.17, 15) is 9.59 Å². The van der Waals surface area contributed by atoms with Gasteiger partial charge in [0.15, 0.2) is 23.0 Å². The number of nitrogens with zero attached hydrogens (tertiary/aromatic N) is 2. The highest BCUT2D eigenvalue weighted by atomic mass is 16.7. The van der Waals surface area contributed by atoms with Crippen molar-refractivity contribution in [2.75, 3.05) is 46.1 Å². The Morgan fingerprint density at radius 3 is 2.14 bits per heavy atom. The van der Waals surface area contributed by atoms with Crippen LogP contribution < -0.4 is 39.3 Å². The lowest BCUT2D eigenvalue weighted by Crippen LogP contribution is -2.32. The molecule has 42 heavy (non-hydrogen) atoms. The van der Waals surface area contributed by atoms with Gasteiger partial charge in [-0.25, -0.2) is 5.43 Å². The van der Waals surface area contributed by atoms with Crippen LogP contribution in [0.15, 0.2) is 65.4 Å². The molecule has 0 spiro atoms. The molecule has 1 heterocycles. The van der Waals surface area contributed by atoms with Gasteiger partial charge >= 0.3 is 0 Å². The van der Waals surface area contributed by atoms with Crippen molar-refractivity contribution in [1.29, 1.82) is 0 Å². The van der Waals surface area contributed by atoms with Gasteiger partial charge in [-0.1, -0.05) is 18.2 Å². The summed E-state index contributed by atoms with van der Waals surface area (Å²) in [6.45, 7) is 6.12. The van der Waals surface area contributed by atoms with E-state index >= 15 is 0 Å². The first kappa shape index (κ1) is 29.8. The summed E-state index contributed by atoms with van der Waals surface area (Å²) < 4.78 is 26.9. The molecule has 2 amide bonds. The van der Waals surface area contributed by atoms with Crippen LogP contribution in [-0.4, -0.2) is 59.2 Å². The van der Waals surface area contributed by atoms with Gasteiger partial charge in [0.2, 0.25) is 12.5 Å². The lowest BCUT2D eigenvalue weighted by Gasteiger charge is -2.20. The molecule has 3 aromatic carbocycles. The van der Waals surface area contributed by atoms with Crippen molar-refractivity contribution in [2.24, 2.45) is 5.10 Å². The van der Waals surface area contributed by atoms with Crippen LogP contribution >= 0.6 is 0 Å². The smallest absolute Gasteiger partial charge is 0.287 e. The second kappa shape index (κ2) is 13.9. The molecule has 0 radical (unpaired) electrons. The number of nitrogens with one attached hydrogen (secondary N) is 2. The van der Waals surface area contributed by atoms with E-state index in [0.717, 1.165) is 24.3 Å². The molecule has 0 fully saturated rings. The predicted molar refractivity (Wildman–Crippen MR) is 160 cm³/mol. The molecule has 0 atom stereocenters. The lowest BCUT2D eigenvalue weighted by atomic mass is 10.1. The maximum Gasteiger partial charge on any atom is 0.287 e. The average Bonchev–Trinajstić information content (AvgIpc) is 3.49. The molecule has 0 saturated heterocycles. The van der Waals surface area contributed by atoms with Crippen molar-refractivity contribution >= 4 is 29.8 Å². The first-order valence-corrected chi connectivity index (χ1v) is 13.3. The van der Waals surface area contributed by atoms with Gasteiger partial charge in [0.25, 0.3) is 11.8 Å². The van der Waals surface area contributed by atoms with Crippen LogP contribution in [0.3, 0.4) is 0 Å². The molecule has 2 N–H and O–H groups in total. The number of methoxy groups -OCH3 is 3. The van der Waals surface area contributed by atoms with Crippen molar-refractivity contribution in [3.8, 4) is 28.7 Å². The number of rotatable bonds is 12. The standard InChI is InChI=1S/C31H34N4O7/c1-6-35(7-2)23-11-8-20(9-12-23)18-32-34-31(37)24(14-21-10-13-25-26(15-21)42-19-41-25)33-30(36)22-16-27(38-3)29(40-5)28(17-22)39-4/h8-18H,6-7,19H2,1-5H3,(H,33,36)(H,34,37). The molecular weight excluding hydrogens is 540 g/mol. The maximum atomic E-state index is 13.3. The summed E-state index contributed by atoms with van der Waals surface area (Å²) in [7, 11) is 4.37. The van der Waals surface area contributed by atoms with Gasteiger partial charge < -0.3 is 33.9 Å². The van der Waals surface area contributed by atoms with Crippen LogP contribution in [0.1, 0.15) is 35.3 Å². The summed E-state index contributed by atoms with van der Waals surface area (Å²) in [5.74, 6) is 0.845.